The molecule has 0 aliphatic carbocycles. The molecule has 5 heteroatoms. The number of methoxy groups -OCH3 is 1. The molecule has 0 unspecified atom stereocenters. The predicted octanol–water partition coefficient (Wildman–Crippen LogP) is 3.14. The van der Waals surface area contributed by atoms with E-state index in [1.165, 1.54) is 0 Å². The number of hydrogen-bond acceptors (Lipinski definition) is 3. The van der Waals surface area contributed by atoms with Gasteiger partial charge in [0.1, 0.15) is 5.75 Å². The van der Waals surface area contributed by atoms with Crippen molar-refractivity contribution in [3.63, 3.8) is 0 Å². The molecule has 3 aromatic rings. The van der Waals surface area contributed by atoms with Crippen LogP contribution in [-0.2, 0) is 17.6 Å². The number of ether oxygens (including phenoxy) is 1. The van der Waals surface area contributed by atoms with E-state index < -0.39 is 0 Å². The molecule has 0 spiro atoms. The van der Waals surface area contributed by atoms with Gasteiger partial charge in [0, 0.05) is 24.0 Å². The average molecular weight is 364 g/mol. The fraction of sp³-hybridized carbons (Fsp3) is 0.273. The van der Waals surface area contributed by atoms with Gasteiger partial charge in [0.25, 0.3) is 5.56 Å². The predicted molar refractivity (Wildman–Crippen MR) is 107 cm³/mol. The number of carbonyl (C=O) groups is 1. The van der Waals surface area contributed by atoms with E-state index in [2.05, 4.69) is 10.3 Å². The maximum atomic E-state index is 12.1. The van der Waals surface area contributed by atoms with E-state index in [1.54, 1.807) is 14.0 Å². The fourth-order valence-corrected chi connectivity index (χ4v) is 3.00. The van der Waals surface area contributed by atoms with E-state index >= 15 is 0 Å². The van der Waals surface area contributed by atoms with Crippen LogP contribution in [0.3, 0.4) is 0 Å². The zero-order chi connectivity index (χ0) is 19.2. The minimum Gasteiger partial charge on any atom is -0.497 e. The van der Waals surface area contributed by atoms with Crippen LogP contribution in [-0.4, -0.2) is 24.5 Å². The zero-order valence-corrected chi connectivity index (χ0v) is 15.7. The van der Waals surface area contributed by atoms with Crippen molar-refractivity contribution in [2.75, 3.05) is 13.7 Å². The summed E-state index contributed by atoms with van der Waals surface area (Å²) in [5, 5.41) is 3.96. The van der Waals surface area contributed by atoms with Gasteiger partial charge in [-0.3, -0.25) is 9.59 Å². The summed E-state index contributed by atoms with van der Waals surface area (Å²) >= 11 is 0. The van der Waals surface area contributed by atoms with Crippen molar-refractivity contribution in [2.24, 2.45) is 0 Å². The van der Waals surface area contributed by atoms with Crippen molar-refractivity contribution >= 4 is 16.8 Å². The molecule has 140 valence electrons. The van der Waals surface area contributed by atoms with Crippen LogP contribution in [0, 0.1) is 6.92 Å². The smallest absolute Gasteiger partial charge is 0.251 e. The van der Waals surface area contributed by atoms with Crippen molar-refractivity contribution in [3.8, 4) is 5.75 Å². The number of carbonyl (C=O) groups excluding carboxylic acids is 1. The van der Waals surface area contributed by atoms with Crippen molar-refractivity contribution in [3.05, 3.63) is 75.6 Å². The maximum absolute atomic E-state index is 12.1. The van der Waals surface area contributed by atoms with Gasteiger partial charge in [-0.1, -0.05) is 24.3 Å². The number of H-pyrrole nitrogens is 1. The van der Waals surface area contributed by atoms with Gasteiger partial charge >= 0.3 is 0 Å². The molecule has 0 saturated heterocycles. The van der Waals surface area contributed by atoms with E-state index in [4.69, 9.17) is 4.74 Å². The largest absolute Gasteiger partial charge is 0.497 e. The number of aryl methyl sites for hydroxylation is 2. The molecular weight excluding hydrogens is 340 g/mol. The Morgan fingerprint density at radius 2 is 1.78 bits per heavy atom. The number of aromatic amines is 1. The van der Waals surface area contributed by atoms with Crippen LogP contribution >= 0.6 is 0 Å². The fourth-order valence-electron chi connectivity index (χ4n) is 3.00. The third-order valence-electron chi connectivity index (χ3n) is 4.63. The summed E-state index contributed by atoms with van der Waals surface area (Å²) in [6.07, 6.45) is 1.84. The van der Waals surface area contributed by atoms with Crippen LogP contribution in [0.15, 0.2) is 53.3 Å². The molecule has 27 heavy (non-hydrogen) atoms. The van der Waals surface area contributed by atoms with Crippen LogP contribution < -0.4 is 15.6 Å². The topological polar surface area (TPSA) is 71.2 Å². The SMILES string of the molecule is COc1ccc(CCNC(=O)CCc2ccc3cc(C)c(=O)[nH]c3c2)cc1. The Morgan fingerprint density at radius 3 is 2.52 bits per heavy atom. The van der Waals surface area contributed by atoms with E-state index in [0.29, 0.717) is 24.9 Å². The summed E-state index contributed by atoms with van der Waals surface area (Å²) < 4.78 is 5.14. The minimum absolute atomic E-state index is 0.0287. The van der Waals surface area contributed by atoms with Gasteiger partial charge in [0.2, 0.25) is 5.91 Å². The van der Waals surface area contributed by atoms with Crippen molar-refractivity contribution in [1.82, 2.24) is 10.3 Å². The summed E-state index contributed by atoms with van der Waals surface area (Å²) in [5.41, 5.74) is 3.63. The van der Waals surface area contributed by atoms with Crippen molar-refractivity contribution < 1.29 is 9.53 Å². The number of nitrogens with one attached hydrogen (secondary N) is 2. The lowest BCUT2D eigenvalue weighted by atomic mass is 10.1. The molecule has 0 bridgehead atoms. The Bertz CT molecular complexity index is 991. The van der Waals surface area contributed by atoms with E-state index in [9.17, 15) is 9.59 Å². The maximum Gasteiger partial charge on any atom is 0.251 e. The Kier molecular flexibility index (Phi) is 5.91. The van der Waals surface area contributed by atoms with Gasteiger partial charge in [-0.15, -0.1) is 0 Å². The Morgan fingerprint density at radius 1 is 1.04 bits per heavy atom. The van der Waals surface area contributed by atoms with E-state index in [0.717, 1.165) is 34.2 Å². The number of rotatable bonds is 7. The molecule has 0 aliphatic heterocycles. The highest BCUT2D eigenvalue weighted by Gasteiger charge is 2.05. The van der Waals surface area contributed by atoms with Crippen LogP contribution in [0.5, 0.6) is 5.75 Å². The summed E-state index contributed by atoms with van der Waals surface area (Å²) in [4.78, 5) is 26.7. The van der Waals surface area contributed by atoms with Gasteiger partial charge in [0.15, 0.2) is 0 Å². The highest BCUT2D eigenvalue weighted by molar-refractivity contribution is 5.80. The first-order valence-electron chi connectivity index (χ1n) is 9.07. The molecular formula is C22H24N2O3. The van der Waals surface area contributed by atoms with Gasteiger partial charge in [-0.2, -0.15) is 0 Å². The number of benzene rings is 2. The first-order chi connectivity index (χ1) is 13.0. The average Bonchev–Trinajstić information content (AvgIpc) is 2.68. The Balaban J connectivity index is 1.49. The Labute approximate surface area is 158 Å². The molecule has 2 N–H and O–H groups in total. The van der Waals surface area contributed by atoms with E-state index in [-0.39, 0.29) is 11.5 Å². The van der Waals surface area contributed by atoms with Gasteiger partial charge in [-0.25, -0.2) is 0 Å². The first kappa shape index (κ1) is 18.7. The molecule has 0 atom stereocenters. The molecule has 1 amide bonds. The van der Waals surface area contributed by atoms with E-state index in [1.807, 2.05) is 48.5 Å². The molecule has 2 aromatic carbocycles. The van der Waals surface area contributed by atoms with Gasteiger partial charge in [-0.05, 0) is 60.5 Å². The molecule has 0 aliphatic rings. The number of pyridine rings is 1. The molecule has 5 nitrogen and oxygen atoms in total. The normalized spacial score (nSPS) is 10.7. The summed E-state index contributed by atoms with van der Waals surface area (Å²) in [7, 11) is 1.64. The zero-order valence-electron chi connectivity index (χ0n) is 15.7. The van der Waals surface area contributed by atoms with Crippen molar-refractivity contribution in [1.29, 1.82) is 0 Å². The molecule has 0 saturated carbocycles. The number of hydrogen-bond donors (Lipinski definition) is 2. The second-order valence-corrected chi connectivity index (χ2v) is 6.65. The highest BCUT2D eigenvalue weighted by Crippen LogP contribution is 2.15. The number of aromatic nitrogens is 1. The second kappa shape index (κ2) is 8.54. The number of amides is 1. The van der Waals surface area contributed by atoms with Gasteiger partial charge < -0.3 is 15.0 Å². The molecule has 3 rings (SSSR count). The first-order valence-corrected chi connectivity index (χ1v) is 9.07. The quantitative estimate of drug-likeness (QED) is 0.677. The summed E-state index contributed by atoms with van der Waals surface area (Å²) in [6, 6.07) is 15.7. The third-order valence-corrected chi connectivity index (χ3v) is 4.63. The molecule has 1 heterocycles. The van der Waals surface area contributed by atoms with Crippen LogP contribution in [0.4, 0.5) is 0 Å². The molecule has 1 aromatic heterocycles. The summed E-state index contributed by atoms with van der Waals surface area (Å²) in [6.45, 7) is 2.40. The second-order valence-electron chi connectivity index (χ2n) is 6.65. The van der Waals surface area contributed by atoms with Crippen molar-refractivity contribution in [2.45, 2.75) is 26.2 Å². The lowest BCUT2D eigenvalue weighted by Crippen LogP contribution is -2.25. The highest BCUT2D eigenvalue weighted by atomic mass is 16.5. The standard InChI is InChI=1S/C22H24N2O3/c1-15-13-18-7-3-17(14-20(18)24-22(15)26)6-10-21(25)23-12-11-16-4-8-19(27-2)9-5-16/h3-5,7-9,13-14H,6,10-12H2,1-2H3,(H,23,25)(H,24,26). The Hall–Kier alpha value is -3.08. The minimum atomic E-state index is -0.0732. The van der Waals surface area contributed by atoms with Crippen LogP contribution in [0.1, 0.15) is 23.1 Å². The van der Waals surface area contributed by atoms with Gasteiger partial charge in [0.05, 0.1) is 7.11 Å². The van der Waals surface area contributed by atoms with Crippen LogP contribution in [0.25, 0.3) is 10.9 Å². The van der Waals surface area contributed by atoms with Crippen LogP contribution in [0.2, 0.25) is 0 Å². The molecule has 0 fully saturated rings. The summed E-state index contributed by atoms with van der Waals surface area (Å²) in [5.74, 6) is 0.857. The molecule has 0 radical (unpaired) electrons. The third kappa shape index (κ3) is 4.97. The lowest BCUT2D eigenvalue weighted by molar-refractivity contribution is -0.121. The number of fused-ring (bicyclic) bond motifs is 1. The monoisotopic (exact) mass is 364 g/mol. The lowest BCUT2D eigenvalue weighted by Gasteiger charge is -2.07.